The normalized spacial score (nSPS) is 15.0. The van der Waals surface area contributed by atoms with Gasteiger partial charge in [0, 0.05) is 11.8 Å². The van der Waals surface area contributed by atoms with E-state index in [1.165, 1.54) is 25.1 Å². The van der Waals surface area contributed by atoms with E-state index in [1.807, 2.05) is 0 Å². The SMILES string of the molecule is Cc1cc(F)ccc1Oc1cc(C(F)(F)F)c(Cl)cc1C(=O)Nc1ccc(F)c(OCC2CO2)c1. The molecule has 0 spiro atoms. The van der Waals surface area contributed by atoms with Gasteiger partial charge < -0.3 is 19.5 Å². The minimum atomic E-state index is -4.82. The molecule has 11 heteroatoms. The molecule has 1 N–H and O–H groups in total. The predicted molar refractivity (Wildman–Crippen MR) is 117 cm³/mol. The van der Waals surface area contributed by atoms with Crippen molar-refractivity contribution in [3.63, 3.8) is 0 Å². The van der Waals surface area contributed by atoms with Crippen molar-refractivity contribution in [2.75, 3.05) is 18.5 Å². The Morgan fingerprint density at radius 2 is 1.83 bits per heavy atom. The summed E-state index contributed by atoms with van der Waals surface area (Å²) >= 11 is 5.82. The van der Waals surface area contributed by atoms with Gasteiger partial charge in [-0.1, -0.05) is 11.6 Å². The van der Waals surface area contributed by atoms with E-state index in [9.17, 15) is 26.7 Å². The van der Waals surface area contributed by atoms with E-state index in [1.54, 1.807) is 0 Å². The third kappa shape index (κ3) is 6.01. The summed E-state index contributed by atoms with van der Waals surface area (Å²) in [7, 11) is 0. The van der Waals surface area contributed by atoms with Gasteiger partial charge in [-0.05, 0) is 55.0 Å². The van der Waals surface area contributed by atoms with Crippen molar-refractivity contribution in [2.45, 2.75) is 19.2 Å². The fraction of sp³-hybridized carbons (Fsp3) is 0.208. The first kappa shape index (κ1) is 24.7. The summed E-state index contributed by atoms with van der Waals surface area (Å²) < 4.78 is 83.7. The molecule has 3 aromatic carbocycles. The van der Waals surface area contributed by atoms with Crippen LogP contribution in [0.4, 0.5) is 27.6 Å². The molecular formula is C24H17ClF5NO4. The van der Waals surface area contributed by atoms with Gasteiger partial charge >= 0.3 is 6.18 Å². The highest BCUT2D eigenvalue weighted by atomic mass is 35.5. The molecule has 1 heterocycles. The predicted octanol–water partition coefficient (Wildman–Crippen LogP) is 6.77. The molecule has 0 aromatic heterocycles. The van der Waals surface area contributed by atoms with E-state index in [2.05, 4.69) is 5.32 Å². The Morgan fingerprint density at radius 3 is 2.49 bits per heavy atom. The molecule has 1 unspecified atom stereocenters. The Balaban J connectivity index is 1.66. The van der Waals surface area contributed by atoms with Crippen LogP contribution in [0.2, 0.25) is 5.02 Å². The third-order valence-electron chi connectivity index (χ3n) is 4.99. The summed E-state index contributed by atoms with van der Waals surface area (Å²) in [6.07, 6.45) is -4.95. The van der Waals surface area contributed by atoms with Crippen molar-refractivity contribution >= 4 is 23.2 Å². The van der Waals surface area contributed by atoms with Gasteiger partial charge in [0.15, 0.2) is 11.6 Å². The number of amides is 1. The first-order valence-corrected chi connectivity index (χ1v) is 10.6. The van der Waals surface area contributed by atoms with Crippen molar-refractivity contribution in [1.29, 1.82) is 0 Å². The van der Waals surface area contributed by atoms with Gasteiger partial charge in [-0.15, -0.1) is 0 Å². The number of rotatable bonds is 7. The molecule has 1 atom stereocenters. The number of ether oxygens (including phenoxy) is 3. The summed E-state index contributed by atoms with van der Waals surface area (Å²) in [5.74, 6) is -2.67. The van der Waals surface area contributed by atoms with Crippen LogP contribution < -0.4 is 14.8 Å². The molecule has 4 rings (SSSR count). The average molecular weight is 514 g/mol. The van der Waals surface area contributed by atoms with Crippen LogP contribution in [0.3, 0.4) is 0 Å². The molecule has 0 radical (unpaired) electrons. The lowest BCUT2D eigenvalue weighted by molar-refractivity contribution is -0.137. The second-order valence-electron chi connectivity index (χ2n) is 7.70. The Labute approximate surface area is 201 Å². The summed E-state index contributed by atoms with van der Waals surface area (Å²) in [4.78, 5) is 13.0. The van der Waals surface area contributed by atoms with Gasteiger partial charge in [0.05, 0.1) is 22.8 Å². The molecule has 1 fully saturated rings. The number of hydrogen-bond acceptors (Lipinski definition) is 4. The summed E-state index contributed by atoms with van der Waals surface area (Å²) in [5, 5.41) is 1.74. The smallest absolute Gasteiger partial charge is 0.417 e. The van der Waals surface area contributed by atoms with E-state index < -0.39 is 40.1 Å². The van der Waals surface area contributed by atoms with Crippen LogP contribution in [0.25, 0.3) is 0 Å². The highest BCUT2D eigenvalue weighted by Crippen LogP contribution is 2.40. The van der Waals surface area contributed by atoms with Crippen molar-refractivity contribution in [2.24, 2.45) is 0 Å². The van der Waals surface area contributed by atoms with E-state index in [0.717, 1.165) is 24.3 Å². The van der Waals surface area contributed by atoms with Crippen LogP contribution in [-0.4, -0.2) is 25.2 Å². The molecule has 184 valence electrons. The summed E-state index contributed by atoms with van der Waals surface area (Å²) in [6, 6.07) is 8.38. The van der Waals surface area contributed by atoms with Crippen molar-refractivity contribution in [3.8, 4) is 17.2 Å². The molecule has 1 aliphatic heterocycles. The van der Waals surface area contributed by atoms with E-state index in [-0.39, 0.29) is 35.5 Å². The lowest BCUT2D eigenvalue weighted by Gasteiger charge is -2.17. The number of benzene rings is 3. The van der Waals surface area contributed by atoms with Gasteiger partial charge in [0.1, 0.15) is 30.0 Å². The van der Waals surface area contributed by atoms with Gasteiger partial charge in [0.25, 0.3) is 5.91 Å². The van der Waals surface area contributed by atoms with E-state index in [0.29, 0.717) is 18.2 Å². The van der Waals surface area contributed by atoms with Gasteiger partial charge in [0.2, 0.25) is 0 Å². The van der Waals surface area contributed by atoms with Crippen LogP contribution in [0.5, 0.6) is 17.2 Å². The number of aryl methyl sites for hydroxylation is 1. The first-order valence-electron chi connectivity index (χ1n) is 10.2. The molecule has 1 amide bonds. The highest BCUT2D eigenvalue weighted by molar-refractivity contribution is 6.32. The molecule has 0 aliphatic carbocycles. The zero-order valence-electron chi connectivity index (χ0n) is 18.0. The van der Waals surface area contributed by atoms with E-state index >= 15 is 0 Å². The maximum Gasteiger partial charge on any atom is 0.417 e. The quantitative estimate of drug-likeness (QED) is 0.280. The molecule has 1 saturated heterocycles. The monoisotopic (exact) mass is 513 g/mol. The maximum atomic E-state index is 14.0. The van der Waals surface area contributed by atoms with E-state index in [4.69, 9.17) is 25.8 Å². The maximum absolute atomic E-state index is 14.0. The molecule has 1 aliphatic rings. The summed E-state index contributed by atoms with van der Waals surface area (Å²) in [6.45, 7) is 2.12. The van der Waals surface area contributed by atoms with Gasteiger partial charge in [-0.3, -0.25) is 4.79 Å². The first-order chi connectivity index (χ1) is 16.5. The number of alkyl halides is 3. The standard InChI is InChI=1S/C24H17ClF5NO4/c1-12-6-13(26)2-5-20(12)35-21-9-17(24(28,29)30)18(25)8-16(21)23(32)31-14-3-4-19(27)22(7-14)34-11-15-10-33-15/h2-9,15H,10-11H2,1H3,(H,31,32). The third-order valence-corrected chi connectivity index (χ3v) is 5.31. The molecule has 0 bridgehead atoms. The Bertz CT molecular complexity index is 1280. The number of nitrogens with one attached hydrogen (secondary N) is 1. The largest absolute Gasteiger partial charge is 0.488 e. The fourth-order valence-corrected chi connectivity index (χ4v) is 3.39. The zero-order chi connectivity index (χ0) is 25.3. The Kier molecular flexibility index (Phi) is 6.86. The number of epoxide rings is 1. The number of anilines is 1. The second-order valence-corrected chi connectivity index (χ2v) is 8.11. The van der Waals surface area contributed by atoms with Crippen LogP contribution in [0.1, 0.15) is 21.5 Å². The molecule has 0 saturated carbocycles. The van der Waals surface area contributed by atoms with Crippen LogP contribution in [0.15, 0.2) is 48.5 Å². The number of carbonyl (C=O) groups is 1. The van der Waals surface area contributed by atoms with Gasteiger partial charge in [-0.2, -0.15) is 13.2 Å². The van der Waals surface area contributed by atoms with Crippen LogP contribution >= 0.6 is 11.6 Å². The number of halogens is 6. The van der Waals surface area contributed by atoms with Gasteiger partial charge in [-0.25, -0.2) is 8.78 Å². The van der Waals surface area contributed by atoms with Crippen molar-refractivity contribution < 1.29 is 41.0 Å². The fourth-order valence-electron chi connectivity index (χ4n) is 3.12. The topological polar surface area (TPSA) is 60.1 Å². The zero-order valence-corrected chi connectivity index (χ0v) is 18.8. The molecule has 35 heavy (non-hydrogen) atoms. The van der Waals surface area contributed by atoms with Crippen molar-refractivity contribution in [1.82, 2.24) is 0 Å². The number of carbonyl (C=O) groups excluding carboxylic acids is 1. The molecule has 5 nitrogen and oxygen atoms in total. The van der Waals surface area contributed by atoms with Crippen molar-refractivity contribution in [3.05, 3.63) is 81.9 Å². The molecule has 3 aromatic rings. The minimum Gasteiger partial charge on any atom is -0.488 e. The second kappa shape index (κ2) is 9.71. The number of hydrogen-bond donors (Lipinski definition) is 1. The Morgan fingerprint density at radius 1 is 1.09 bits per heavy atom. The lowest BCUT2D eigenvalue weighted by Crippen LogP contribution is -2.15. The Hall–Kier alpha value is -3.37. The van der Waals surface area contributed by atoms with Crippen LogP contribution in [-0.2, 0) is 10.9 Å². The summed E-state index contributed by atoms with van der Waals surface area (Å²) in [5.41, 5.74) is -1.14. The molecular weight excluding hydrogens is 497 g/mol. The van der Waals surface area contributed by atoms with Crippen LogP contribution in [0, 0.1) is 18.6 Å². The minimum absolute atomic E-state index is 0.0376. The highest BCUT2D eigenvalue weighted by Gasteiger charge is 2.35. The average Bonchev–Trinajstić information content (AvgIpc) is 3.60. The lowest BCUT2D eigenvalue weighted by atomic mass is 10.1.